The van der Waals surface area contributed by atoms with Gasteiger partial charge in [-0.2, -0.15) is 0 Å². The van der Waals surface area contributed by atoms with Crippen LogP contribution in [-0.4, -0.2) is 24.6 Å². The van der Waals surface area contributed by atoms with Gasteiger partial charge in [-0.3, -0.25) is 0 Å². The van der Waals surface area contributed by atoms with Crippen molar-refractivity contribution in [1.29, 1.82) is 0 Å². The van der Waals surface area contributed by atoms with Gasteiger partial charge in [0.05, 0.1) is 0 Å². The molecule has 0 bridgehead atoms. The largest absolute Gasteiger partial charge is 4.00 e. The third-order valence-electron chi connectivity index (χ3n) is 0. The summed E-state index contributed by atoms with van der Waals surface area (Å²) in [6.45, 7) is 0. The van der Waals surface area contributed by atoms with Crippen LogP contribution < -0.4 is 40.9 Å². The van der Waals surface area contributed by atoms with E-state index in [0.717, 1.165) is 0 Å². The first-order valence-electron chi connectivity index (χ1n) is 2.45. The monoisotopic (exact) mass is 436 g/mol. The average molecular weight is 436 g/mol. The SMILES string of the molecule is O=C([O-])[O-].O=C([O-])[O-].O=C([O-])[O-].O=C([O-])[O-].[C+4].[W+4]. The molecule has 0 amide bonds. The zero-order chi connectivity index (χ0) is 14.3. The minimum Gasteiger partial charge on any atom is -0.652 e. The summed E-state index contributed by atoms with van der Waals surface area (Å²) in [5.41, 5.74) is 0. The van der Waals surface area contributed by atoms with Crippen molar-refractivity contribution in [2.75, 3.05) is 0 Å². The Balaban J connectivity index is -0.0000000257. The van der Waals surface area contributed by atoms with Gasteiger partial charge in [-0.05, 0) is 24.6 Å². The summed E-state index contributed by atoms with van der Waals surface area (Å²) in [6, 6.07) is 0. The average Bonchev–Trinajstić information content (AvgIpc) is 1.76. The van der Waals surface area contributed by atoms with Crippen LogP contribution in [0.1, 0.15) is 0 Å². The Morgan fingerprint density at radius 1 is 0.444 bits per heavy atom. The third kappa shape index (κ3) is 451. The topological polar surface area (TPSA) is 253 Å². The Morgan fingerprint density at radius 3 is 0.444 bits per heavy atom. The maximum atomic E-state index is 8.33. The summed E-state index contributed by atoms with van der Waals surface area (Å²) in [6.07, 6.45) is -9.33. The molecule has 0 atom stereocenters. The molecule has 0 unspecified atom stereocenters. The van der Waals surface area contributed by atoms with E-state index in [-0.39, 0.29) is 28.5 Å². The molecule has 0 saturated heterocycles. The summed E-state index contributed by atoms with van der Waals surface area (Å²) in [4.78, 5) is 33.3. The Labute approximate surface area is 114 Å². The van der Waals surface area contributed by atoms with E-state index in [1.165, 1.54) is 0 Å². The fraction of sp³-hybridized carbons (Fsp3) is 0. The van der Waals surface area contributed by atoms with E-state index in [4.69, 9.17) is 60.0 Å². The number of carbonyl (C=O) groups excluding carboxylic acids is 4. The maximum absolute atomic E-state index is 8.33. The molecule has 18 heavy (non-hydrogen) atoms. The molecule has 0 heterocycles. The number of rotatable bonds is 0. The summed E-state index contributed by atoms with van der Waals surface area (Å²) < 4.78 is 0. The van der Waals surface area contributed by atoms with Crippen molar-refractivity contribution in [3.8, 4) is 0 Å². The van der Waals surface area contributed by atoms with Crippen LogP contribution in [0.4, 0.5) is 19.2 Å². The van der Waals surface area contributed by atoms with E-state index >= 15 is 0 Å². The fourth-order valence-corrected chi connectivity index (χ4v) is 0. The molecule has 0 aromatic rings. The van der Waals surface area contributed by atoms with Crippen molar-refractivity contribution in [3.63, 3.8) is 0 Å². The van der Waals surface area contributed by atoms with Crippen LogP contribution >= 0.6 is 0 Å². The van der Waals surface area contributed by atoms with Crippen LogP contribution in [0.2, 0.25) is 0 Å². The van der Waals surface area contributed by atoms with Gasteiger partial charge in [-0.25, -0.2) is 0 Å². The molecule has 0 aromatic heterocycles. The molecule has 0 radical (unpaired) electrons. The van der Waals surface area contributed by atoms with Gasteiger partial charge < -0.3 is 60.0 Å². The van der Waals surface area contributed by atoms with Gasteiger partial charge in [0.15, 0.2) is 0 Å². The first-order chi connectivity index (χ1) is 6.93. The van der Waals surface area contributed by atoms with Gasteiger partial charge in [-0.1, -0.05) is 0 Å². The Morgan fingerprint density at radius 2 is 0.444 bits per heavy atom. The van der Waals surface area contributed by atoms with Gasteiger partial charge >= 0.3 is 28.5 Å². The zero-order valence-electron chi connectivity index (χ0n) is 7.81. The number of carboxylic acid groups (broad SMARTS) is 8. The molecule has 12 nitrogen and oxygen atoms in total. The molecule has 0 fully saturated rings. The van der Waals surface area contributed by atoms with Gasteiger partial charge in [0.1, 0.15) is 0 Å². The number of carbonyl (C=O) groups is 4. The van der Waals surface area contributed by atoms with Crippen LogP contribution in [0.5, 0.6) is 0 Å². The van der Waals surface area contributed by atoms with E-state index in [2.05, 4.69) is 0 Å². The first-order valence-corrected chi connectivity index (χ1v) is 2.45. The molecule has 0 N–H and O–H groups in total. The third-order valence-corrected chi connectivity index (χ3v) is 0. The van der Waals surface area contributed by atoms with Crippen molar-refractivity contribution >= 4 is 24.6 Å². The fourth-order valence-electron chi connectivity index (χ4n) is 0. The van der Waals surface area contributed by atoms with Crippen molar-refractivity contribution in [1.82, 2.24) is 0 Å². The number of hydrogen-bond acceptors (Lipinski definition) is 12. The van der Waals surface area contributed by atoms with Gasteiger partial charge in [0.25, 0.3) is 0 Å². The van der Waals surface area contributed by atoms with Crippen molar-refractivity contribution in [3.05, 3.63) is 7.43 Å². The predicted octanol–water partition coefficient (Wildman–Crippen LogP) is -9.71. The van der Waals surface area contributed by atoms with Crippen LogP contribution in [0.25, 0.3) is 0 Å². The Kier molecular flexibility index (Phi) is 58.7. The molecule has 0 rings (SSSR count). The summed E-state index contributed by atoms with van der Waals surface area (Å²) in [5, 5.41) is 66.7. The van der Waals surface area contributed by atoms with E-state index in [1.807, 2.05) is 0 Å². The minimum atomic E-state index is -2.33. The van der Waals surface area contributed by atoms with E-state index in [9.17, 15) is 0 Å². The smallest absolute Gasteiger partial charge is 0.652 e. The molecule has 0 aliphatic heterocycles. The Bertz CT molecular complexity index is 161. The molecule has 0 aliphatic rings. The van der Waals surface area contributed by atoms with E-state index in [1.54, 1.807) is 0 Å². The predicted molar refractivity (Wildman–Crippen MR) is 24.8 cm³/mol. The zero-order valence-corrected chi connectivity index (χ0v) is 10.7. The van der Waals surface area contributed by atoms with Crippen LogP contribution in [0, 0.1) is 7.43 Å². The standard InChI is InChI=1S/4CH2O3.C.W/c4*2-1(3)4;;/h4*(H2,2,3,4);;/q;;;;2*+4/p-8. The molecule has 0 aliphatic carbocycles. The minimum absolute atomic E-state index is 0. The van der Waals surface area contributed by atoms with Crippen molar-refractivity contribution in [2.24, 2.45) is 0 Å². The normalized spacial score (nSPS) is 5.33. The summed E-state index contributed by atoms with van der Waals surface area (Å²) >= 11 is 0. The van der Waals surface area contributed by atoms with E-state index in [0.29, 0.717) is 0 Å². The molecule has 0 saturated carbocycles. The molecular formula is C5O12W. The van der Waals surface area contributed by atoms with Crippen molar-refractivity contribution < 1.29 is 81.1 Å². The van der Waals surface area contributed by atoms with Gasteiger partial charge in [-0.15, -0.1) is 0 Å². The maximum Gasteiger partial charge on any atom is 4.00 e. The van der Waals surface area contributed by atoms with Crippen LogP contribution in [-0.2, 0) is 21.1 Å². The first kappa shape index (κ1) is 36.0. The molecule has 98 valence electrons. The molecule has 0 aromatic carbocycles. The Hall–Kier alpha value is -2.23. The quantitative estimate of drug-likeness (QED) is 0.343. The van der Waals surface area contributed by atoms with Crippen molar-refractivity contribution in [2.45, 2.75) is 0 Å². The summed E-state index contributed by atoms with van der Waals surface area (Å²) in [7, 11) is 0. The van der Waals surface area contributed by atoms with Gasteiger partial charge in [0, 0.05) is 0 Å². The second-order valence-corrected chi connectivity index (χ2v) is 1.00. The summed E-state index contributed by atoms with van der Waals surface area (Å²) in [5.74, 6) is 0. The van der Waals surface area contributed by atoms with Gasteiger partial charge in [0.2, 0.25) is 0 Å². The molecule has 13 heteroatoms. The second kappa shape index (κ2) is 29.3. The van der Waals surface area contributed by atoms with Crippen LogP contribution in [0.15, 0.2) is 0 Å². The molecular weight excluding hydrogens is 436 g/mol. The molecule has 0 spiro atoms. The van der Waals surface area contributed by atoms with Crippen LogP contribution in [0.3, 0.4) is 0 Å². The number of hydrogen-bond donors (Lipinski definition) is 0. The second-order valence-electron chi connectivity index (χ2n) is 1.00. The van der Waals surface area contributed by atoms with E-state index < -0.39 is 24.6 Å².